The number of benzene rings is 1. The van der Waals surface area contributed by atoms with E-state index in [1.54, 1.807) is 13.3 Å². The molecule has 0 amide bonds. The number of nitrogens with zero attached hydrogens (tertiary/aromatic N) is 4. The zero-order valence-corrected chi connectivity index (χ0v) is 19.1. The highest BCUT2D eigenvalue weighted by molar-refractivity contribution is 5.77. The number of hydrogen-bond acceptors (Lipinski definition) is 7. The van der Waals surface area contributed by atoms with Crippen molar-refractivity contribution in [2.24, 2.45) is 0 Å². The summed E-state index contributed by atoms with van der Waals surface area (Å²) in [7, 11) is 1.63. The summed E-state index contributed by atoms with van der Waals surface area (Å²) in [6, 6.07) is 12.9. The van der Waals surface area contributed by atoms with E-state index >= 15 is 0 Å². The molecule has 2 aromatic heterocycles. The summed E-state index contributed by atoms with van der Waals surface area (Å²) in [6.07, 6.45) is 2.72. The molecular formula is C25H29N5O2. The first kappa shape index (κ1) is 20.7. The van der Waals surface area contributed by atoms with E-state index in [2.05, 4.69) is 71.5 Å². The Balaban J connectivity index is 1.38. The maximum absolute atomic E-state index is 6.08. The summed E-state index contributed by atoms with van der Waals surface area (Å²) >= 11 is 0. The fraction of sp³-hybridized carbons (Fsp3) is 0.400. The Morgan fingerprint density at radius 3 is 2.78 bits per heavy atom. The van der Waals surface area contributed by atoms with Crippen LogP contribution in [0.5, 0.6) is 11.6 Å². The van der Waals surface area contributed by atoms with Gasteiger partial charge in [-0.15, -0.1) is 0 Å². The maximum atomic E-state index is 6.08. The molecule has 1 unspecified atom stereocenters. The fourth-order valence-corrected chi connectivity index (χ4v) is 4.50. The van der Waals surface area contributed by atoms with Gasteiger partial charge in [0.2, 0.25) is 5.88 Å². The predicted molar refractivity (Wildman–Crippen MR) is 125 cm³/mol. The highest BCUT2D eigenvalue weighted by atomic mass is 16.5. The van der Waals surface area contributed by atoms with E-state index in [1.165, 1.54) is 0 Å². The van der Waals surface area contributed by atoms with Crippen molar-refractivity contribution in [3.63, 3.8) is 0 Å². The molecule has 5 rings (SSSR count). The van der Waals surface area contributed by atoms with E-state index in [1.807, 2.05) is 6.07 Å². The molecule has 3 aromatic rings. The van der Waals surface area contributed by atoms with Crippen LogP contribution in [0.3, 0.4) is 0 Å². The molecule has 32 heavy (non-hydrogen) atoms. The number of hydrogen-bond donors (Lipinski definition) is 1. The number of rotatable bonds is 4. The van der Waals surface area contributed by atoms with Crippen molar-refractivity contribution in [3.05, 3.63) is 48.2 Å². The Morgan fingerprint density at radius 1 is 1.12 bits per heavy atom. The van der Waals surface area contributed by atoms with Crippen molar-refractivity contribution in [2.75, 3.05) is 25.1 Å². The third kappa shape index (κ3) is 4.12. The Kier molecular flexibility index (Phi) is 5.21. The van der Waals surface area contributed by atoms with Crippen LogP contribution in [-0.2, 0) is 6.61 Å². The van der Waals surface area contributed by atoms with Crippen LogP contribution in [0.15, 0.2) is 42.6 Å². The van der Waals surface area contributed by atoms with Gasteiger partial charge in [-0.25, -0.2) is 0 Å². The van der Waals surface area contributed by atoms with Crippen molar-refractivity contribution in [3.8, 4) is 34.0 Å². The number of fused-ring (bicyclic) bond motifs is 3. The minimum Gasteiger partial charge on any atom is -0.495 e. The normalized spacial score (nSPS) is 17.5. The van der Waals surface area contributed by atoms with Gasteiger partial charge in [0.05, 0.1) is 19.0 Å². The molecule has 2 aliphatic heterocycles. The van der Waals surface area contributed by atoms with Crippen molar-refractivity contribution >= 4 is 5.82 Å². The smallest absolute Gasteiger partial charge is 0.223 e. The highest BCUT2D eigenvalue weighted by Crippen LogP contribution is 2.39. The number of methoxy groups -OCH3 is 1. The molecular weight excluding hydrogens is 402 g/mol. The van der Waals surface area contributed by atoms with Gasteiger partial charge in [-0.3, -0.25) is 0 Å². The minimum atomic E-state index is 0.117. The van der Waals surface area contributed by atoms with Crippen LogP contribution in [0.4, 0.5) is 5.82 Å². The lowest BCUT2D eigenvalue weighted by Crippen LogP contribution is -2.44. The fourth-order valence-electron chi connectivity index (χ4n) is 4.50. The molecule has 4 heterocycles. The van der Waals surface area contributed by atoms with Crippen molar-refractivity contribution in [1.82, 2.24) is 20.5 Å². The largest absolute Gasteiger partial charge is 0.495 e. The molecule has 1 aromatic carbocycles. The SMILES string of the molecule is COc1cnnc(-c2ccc3c(c2)COc2nc(N4CCC(NC(C)(C)C)C4)ccc2-3)c1. The Morgan fingerprint density at radius 2 is 1.97 bits per heavy atom. The van der Waals surface area contributed by atoms with Gasteiger partial charge in [0, 0.05) is 41.9 Å². The molecule has 166 valence electrons. The van der Waals surface area contributed by atoms with Gasteiger partial charge in [0.1, 0.15) is 18.2 Å². The van der Waals surface area contributed by atoms with Crippen molar-refractivity contribution in [1.29, 1.82) is 0 Å². The molecule has 2 aliphatic rings. The first-order chi connectivity index (χ1) is 15.4. The minimum absolute atomic E-state index is 0.117. The van der Waals surface area contributed by atoms with Gasteiger partial charge >= 0.3 is 0 Å². The average molecular weight is 432 g/mol. The van der Waals surface area contributed by atoms with Gasteiger partial charge < -0.3 is 19.7 Å². The zero-order chi connectivity index (χ0) is 22.3. The van der Waals surface area contributed by atoms with Crippen LogP contribution in [-0.4, -0.2) is 47.0 Å². The monoisotopic (exact) mass is 431 g/mol. The summed E-state index contributed by atoms with van der Waals surface area (Å²) in [5, 5.41) is 12.0. The molecule has 0 saturated carbocycles. The maximum Gasteiger partial charge on any atom is 0.223 e. The van der Waals surface area contributed by atoms with Gasteiger partial charge in [-0.1, -0.05) is 12.1 Å². The lowest BCUT2D eigenvalue weighted by Gasteiger charge is -2.26. The van der Waals surface area contributed by atoms with E-state index in [9.17, 15) is 0 Å². The van der Waals surface area contributed by atoms with E-state index in [0.29, 0.717) is 24.3 Å². The third-order valence-electron chi connectivity index (χ3n) is 5.92. The second kappa shape index (κ2) is 8.06. The van der Waals surface area contributed by atoms with Crippen molar-refractivity contribution in [2.45, 2.75) is 45.4 Å². The molecule has 0 spiro atoms. The molecule has 1 N–H and O–H groups in total. The van der Waals surface area contributed by atoms with Crippen LogP contribution >= 0.6 is 0 Å². The first-order valence-corrected chi connectivity index (χ1v) is 11.1. The molecule has 7 nitrogen and oxygen atoms in total. The van der Waals surface area contributed by atoms with Gasteiger partial charge in [-0.05, 0) is 56.5 Å². The molecule has 0 radical (unpaired) electrons. The molecule has 1 atom stereocenters. The third-order valence-corrected chi connectivity index (χ3v) is 5.92. The Bertz CT molecular complexity index is 1140. The van der Waals surface area contributed by atoms with Crippen molar-refractivity contribution < 1.29 is 9.47 Å². The van der Waals surface area contributed by atoms with Gasteiger partial charge in [-0.2, -0.15) is 15.2 Å². The van der Waals surface area contributed by atoms with Crippen LogP contribution in [0.2, 0.25) is 0 Å². The number of pyridine rings is 1. The molecule has 1 fully saturated rings. The summed E-state index contributed by atoms with van der Waals surface area (Å²) in [5.74, 6) is 2.37. The molecule has 0 aliphatic carbocycles. The average Bonchev–Trinajstić information content (AvgIpc) is 3.25. The molecule has 7 heteroatoms. The van der Waals surface area contributed by atoms with E-state index in [4.69, 9.17) is 14.5 Å². The lowest BCUT2D eigenvalue weighted by atomic mass is 9.96. The number of ether oxygens (including phenoxy) is 2. The Hall–Kier alpha value is -3.19. The van der Waals surface area contributed by atoms with Crippen LogP contribution in [0.1, 0.15) is 32.8 Å². The molecule has 1 saturated heterocycles. The summed E-state index contributed by atoms with van der Waals surface area (Å²) in [6.45, 7) is 9.09. The molecule has 0 bridgehead atoms. The van der Waals surface area contributed by atoms with Crippen LogP contribution in [0.25, 0.3) is 22.4 Å². The topological polar surface area (TPSA) is 72.4 Å². The Labute approximate surface area is 188 Å². The number of anilines is 1. The lowest BCUT2D eigenvalue weighted by molar-refractivity contribution is 0.290. The van der Waals surface area contributed by atoms with Crippen LogP contribution < -0.4 is 19.7 Å². The highest BCUT2D eigenvalue weighted by Gasteiger charge is 2.28. The van der Waals surface area contributed by atoms with Gasteiger partial charge in [0.25, 0.3) is 0 Å². The second-order valence-electron chi connectivity index (χ2n) is 9.49. The summed E-state index contributed by atoms with van der Waals surface area (Å²) < 4.78 is 11.4. The predicted octanol–water partition coefficient (Wildman–Crippen LogP) is 4.07. The number of aromatic nitrogens is 3. The number of nitrogens with one attached hydrogen (secondary N) is 1. The van der Waals surface area contributed by atoms with E-state index < -0.39 is 0 Å². The summed E-state index contributed by atoms with van der Waals surface area (Å²) in [5.41, 5.74) is 5.18. The van der Waals surface area contributed by atoms with E-state index in [0.717, 1.165) is 53.3 Å². The quantitative estimate of drug-likeness (QED) is 0.667. The summed E-state index contributed by atoms with van der Waals surface area (Å²) in [4.78, 5) is 7.21. The second-order valence-corrected chi connectivity index (χ2v) is 9.49. The standard InChI is InChI=1S/C25H29N5O2/c1-25(2,3)28-18-9-10-30(14-18)23-8-7-21-20-6-5-16(11-17(20)15-32-24(21)27-23)22-12-19(31-4)13-26-29-22/h5-8,11-13,18,28H,9-10,14-15H2,1-4H3. The first-order valence-electron chi connectivity index (χ1n) is 11.1. The zero-order valence-electron chi connectivity index (χ0n) is 19.1. The van der Waals surface area contributed by atoms with Gasteiger partial charge in [0.15, 0.2) is 0 Å². The van der Waals surface area contributed by atoms with E-state index in [-0.39, 0.29) is 5.54 Å². The van der Waals surface area contributed by atoms with Crippen LogP contribution in [0, 0.1) is 0 Å².